The third-order valence-electron chi connectivity index (χ3n) is 2.78. The Labute approximate surface area is 118 Å². The van der Waals surface area contributed by atoms with E-state index >= 15 is 0 Å². The van der Waals surface area contributed by atoms with E-state index in [0.29, 0.717) is 37.2 Å². The maximum Gasteiger partial charge on any atom is 0.158 e. The molecule has 0 bridgehead atoms. The van der Waals surface area contributed by atoms with E-state index in [-0.39, 0.29) is 0 Å². The summed E-state index contributed by atoms with van der Waals surface area (Å²) in [5.74, 6) is 1.68. The van der Waals surface area contributed by atoms with Crippen molar-refractivity contribution in [2.24, 2.45) is 0 Å². The Bertz CT molecular complexity index is 573. The molecule has 0 unspecified atom stereocenters. The van der Waals surface area contributed by atoms with Crippen LogP contribution in [0.2, 0.25) is 0 Å². The molecule has 0 fully saturated rings. The van der Waals surface area contributed by atoms with E-state index in [4.69, 9.17) is 10.5 Å². The van der Waals surface area contributed by atoms with Gasteiger partial charge in [-0.3, -0.25) is 4.98 Å². The first-order chi connectivity index (χ1) is 9.69. The zero-order valence-corrected chi connectivity index (χ0v) is 11.8. The van der Waals surface area contributed by atoms with Crippen molar-refractivity contribution < 1.29 is 4.74 Å². The predicted octanol–water partition coefficient (Wildman–Crippen LogP) is 1.91. The van der Waals surface area contributed by atoms with Crippen molar-refractivity contribution in [3.05, 3.63) is 41.5 Å². The summed E-state index contributed by atoms with van der Waals surface area (Å²) in [6.45, 7) is 5.53. The normalized spacial score (nSPS) is 10.5. The van der Waals surface area contributed by atoms with E-state index in [9.17, 15) is 0 Å². The highest BCUT2D eigenvalue weighted by Gasteiger charge is 2.04. The molecule has 106 valence electrons. The Hall–Kier alpha value is -2.21. The number of nitrogens with zero attached hydrogens (tertiary/aromatic N) is 3. The number of hydrogen-bond acceptors (Lipinski definition) is 6. The van der Waals surface area contributed by atoms with Crippen LogP contribution < -0.4 is 11.1 Å². The number of nitrogens with one attached hydrogen (secondary N) is 1. The first kappa shape index (κ1) is 14.2. The fourth-order valence-corrected chi connectivity index (χ4v) is 1.74. The summed E-state index contributed by atoms with van der Waals surface area (Å²) in [5.41, 5.74) is 7.89. The van der Waals surface area contributed by atoms with Gasteiger partial charge in [-0.25, -0.2) is 9.97 Å². The molecular formula is C14H19N5O. The van der Waals surface area contributed by atoms with Crippen LogP contribution in [-0.4, -0.2) is 21.6 Å². The van der Waals surface area contributed by atoms with Gasteiger partial charge in [0.1, 0.15) is 18.2 Å². The Morgan fingerprint density at radius 2 is 2.20 bits per heavy atom. The molecule has 0 aliphatic carbocycles. The lowest BCUT2D eigenvalue weighted by atomic mass is 10.2. The molecule has 0 saturated carbocycles. The lowest BCUT2D eigenvalue weighted by Gasteiger charge is -2.09. The van der Waals surface area contributed by atoms with Crippen molar-refractivity contribution in [2.75, 3.05) is 17.7 Å². The lowest BCUT2D eigenvalue weighted by molar-refractivity contribution is 0.128. The summed E-state index contributed by atoms with van der Waals surface area (Å²) in [5, 5.41) is 3.21. The minimum absolute atomic E-state index is 0.360. The van der Waals surface area contributed by atoms with Crippen LogP contribution >= 0.6 is 0 Å². The van der Waals surface area contributed by atoms with Crippen LogP contribution in [0.15, 0.2) is 24.4 Å². The minimum atomic E-state index is 0.360. The third-order valence-corrected chi connectivity index (χ3v) is 2.78. The van der Waals surface area contributed by atoms with Crippen molar-refractivity contribution in [3.8, 4) is 0 Å². The van der Waals surface area contributed by atoms with E-state index in [1.807, 2.05) is 26.0 Å². The molecular weight excluding hydrogens is 254 g/mol. The predicted molar refractivity (Wildman–Crippen MR) is 78.1 cm³/mol. The topological polar surface area (TPSA) is 86.0 Å². The summed E-state index contributed by atoms with van der Waals surface area (Å²) in [6.07, 6.45) is 1.78. The summed E-state index contributed by atoms with van der Waals surface area (Å²) in [4.78, 5) is 12.8. The number of hydrogen-bond donors (Lipinski definition) is 2. The number of anilines is 2. The standard InChI is InChI=1S/C14H19N5O/c1-3-20-9-14-18-12(15)7-13(19-14)17-8-11-10(2)5-4-6-16-11/h4-7H,3,8-9H2,1-2H3,(H3,15,17,18,19). The highest BCUT2D eigenvalue weighted by atomic mass is 16.5. The van der Waals surface area contributed by atoms with Gasteiger partial charge in [0, 0.05) is 18.9 Å². The van der Waals surface area contributed by atoms with E-state index < -0.39 is 0 Å². The molecule has 0 atom stereocenters. The fraction of sp³-hybridized carbons (Fsp3) is 0.357. The smallest absolute Gasteiger partial charge is 0.158 e. The van der Waals surface area contributed by atoms with E-state index in [1.54, 1.807) is 12.3 Å². The minimum Gasteiger partial charge on any atom is -0.384 e. The zero-order valence-electron chi connectivity index (χ0n) is 11.8. The maximum atomic E-state index is 5.77. The van der Waals surface area contributed by atoms with Gasteiger partial charge < -0.3 is 15.8 Å². The van der Waals surface area contributed by atoms with E-state index in [1.165, 1.54) is 0 Å². The van der Waals surface area contributed by atoms with Crippen LogP contribution in [0.1, 0.15) is 24.0 Å². The number of aryl methyl sites for hydroxylation is 1. The molecule has 0 spiro atoms. The molecule has 0 radical (unpaired) electrons. The summed E-state index contributed by atoms with van der Waals surface area (Å²) >= 11 is 0. The van der Waals surface area contributed by atoms with Gasteiger partial charge in [-0.15, -0.1) is 0 Å². The summed E-state index contributed by atoms with van der Waals surface area (Å²) < 4.78 is 5.29. The first-order valence-corrected chi connectivity index (χ1v) is 6.54. The molecule has 2 aromatic heterocycles. The van der Waals surface area contributed by atoms with E-state index in [2.05, 4.69) is 20.3 Å². The maximum absolute atomic E-state index is 5.77. The summed E-state index contributed by atoms with van der Waals surface area (Å²) in [7, 11) is 0. The number of pyridine rings is 1. The van der Waals surface area contributed by atoms with Crippen LogP contribution in [0.3, 0.4) is 0 Å². The average Bonchev–Trinajstić information content (AvgIpc) is 2.44. The van der Waals surface area contributed by atoms with Crippen LogP contribution in [-0.2, 0) is 17.9 Å². The molecule has 0 aliphatic rings. The van der Waals surface area contributed by atoms with Gasteiger partial charge in [0.15, 0.2) is 5.82 Å². The SMILES string of the molecule is CCOCc1nc(N)cc(NCc2ncccc2C)n1. The monoisotopic (exact) mass is 273 g/mol. The Morgan fingerprint density at radius 1 is 1.35 bits per heavy atom. The molecule has 2 aromatic rings. The molecule has 0 aliphatic heterocycles. The van der Waals surface area contributed by atoms with Crippen LogP contribution in [0.5, 0.6) is 0 Å². The van der Waals surface area contributed by atoms with Crippen LogP contribution in [0.4, 0.5) is 11.6 Å². The first-order valence-electron chi connectivity index (χ1n) is 6.54. The Balaban J connectivity index is 2.05. The number of nitrogens with two attached hydrogens (primary N) is 1. The molecule has 0 amide bonds. The van der Waals surface area contributed by atoms with Gasteiger partial charge in [-0.05, 0) is 25.5 Å². The fourth-order valence-electron chi connectivity index (χ4n) is 1.74. The van der Waals surface area contributed by atoms with Gasteiger partial charge in [-0.2, -0.15) is 0 Å². The van der Waals surface area contributed by atoms with Crippen molar-refractivity contribution in [3.63, 3.8) is 0 Å². The molecule has 6 heteroatoms. The lowest BCUT2D eigenvalue weighted by Crippen LogP contribution is -2.09. The molecule has 20 heavy (non-hydrogen) atoms. The number of ether oxygens (including phenoxy) is 1. The zero-order chi connectivity index (χ0) is 14.4. The van der Waals surface area contributed by atoms with Crippen molar-refractivity contribution in [1.82, 2.24) is 15.0 Å². The summed E-state index contributed by atoms with van der Waals surface area (Å²) in [6, 6.07) is 5.65. The largest absolute Gasteiger partial charge is 0.384 e. The van der Waals surface area contributed by atoms with Gasteiger partial charge in [-0.1, -0.05) is 6.07 Å². The number of nitrogen functional groups attached to an aromatic ring is 1. The van der Waals surface area contributed by atoms with Gasteiger partial charge >= 0.3 is 0 Å². The molecule has 3 N–H and O–H groups in total. The third kappa shape index (κ3) is 3.89. The Kier molecular flexibility index (Phi) is 4.84. The van der Waals surface area contributed by atoms with Gasteiger partial charge in [0.2, 0.25) is 0 Å². The van der Waals surface area contributed by atoms with Crippen LogP contribution in [0.25, 0.3) is 0 Å². The molecule has 2 rings (SSSR count). The van der Waals surface area contributed by atoms with Crippen molar-refractivity contribution >= 4 is 11.6 Å². The molecule has 0 saturated heterocycles. The highest BCUT2D eigenvalue weighted by Crippen LogP contribution is 2.11. The second kappa shape index (κ2) is 6.81. The Morgan fingerprint density at radius 3 is 2.95 bits per heavy atom. The van der Waals surface area contributed by atoms with E-state index in [0.717, 1.165) is 11.3 Å². The van der Waals surface area contributed by atoms with Gasteiger partial charge in [0.05, 0.1) is 12.2 Å². The van der Waals surface area contributed by atoms with Crippen molar-refractivity contribution in [1.29, 1.82) is 0 Å². The second-order valence-corrected chi connectivity index (χ2v) is 4.35. The molecule has 6 nitrogen and oxygen atoms in total. The average molecular weight is 273 g/mol. The number of aromatic nitrogens is 3. The quantitative estimate of drug-likeness (QED) is 0.836. The number of rotatable bonds is 6. The van der Waals surface area contributed by atoms with Crippen molar-refractivity contribution in [2.45, 2.75) is 27.0 Å². The van der Waals surface area contributed by atoms with Crippen LogP contribution in [0, 0.1) is 6.92 Å². The highest BCUT2D eigenvalue weighted by molar-refractivity contribution is 5.45. The molecule has 0 aromatic carbocycles. The second-order valence-electron chi connectivity index (χ2n) is 4.35. The molecule has 2 heterocycles. The van der Waals surface area contributed by atoms with Gasteiger partial charge in [0.25, 0.3) is 0 Å².